The van der Waals surface area contributed by atoms with Crippen LogP contribution in [0, 0.1) is 0 Å². The third-order valence-corrected chi connectivity index (χ3v) is 1.65. The van der Waals surface area contributed by atoms with Crippen molar-refractivity contribution >= 4 is 11.4 Å². The van der Waals surface area contributed by atoms with Crippen molar-refractivity contribution in [2.75, 3.05) is 13.1 Å². The Morgan fingerprint density at radius 3 is 1.26 bits per heavy atom. The van der Waals surface area contributed by atoms with Crippen molar-refractivity contribution in [3.63, 3.8) is 0 Å². The molecule has 0 aromatic heterocycles. The molecule has 6 N–H and O–H groups in total. The smallest absolute Gasteiger partial charge is 0.876 e. The van der Waals surface area contributed by atoms with E-state index in [1.165, 1.54) is 26.0 Å². The first-order chi connectivity index (χ1) is 7.41. The average Bonchev–Trinajstić information content (AvgIpc) is 2.10. The minimum atomic E-state index is -0.00848. The quantitative estimate of drug-likeness (QED) is 0.439. The third-order valence-electron chi connectivity index (χ3n) is 1.65. The largest absolute Gasteiger partial charge is 3.00 e. The Kier molecular flexibility index (Phi) is 20.7. The summed E-state index contributed by atoms with van der Waals surface area (Å²) in [6.45, 7) is 7.59. The second-order valence-electron chi connectivity index (χ2n) is 3.56. The second kappa shape index (κ2) is 14.9. The van der Waals surface area contributed by atoms with Gasteiger partial charge in [-0.3, -0.25) is 9.98 Å². The van der Waals surface area contributed by atoms with Gasteiger partial charge in [-0.1, -0.05) is 26.0 Å². The maximum atomic E-state index is 10.7. The summed E-state index contributed by atoms with van der Waals surface area (Å²) in [4.78, 5) is 8.30. The van der Waals surface area contributed by atoms with E-state index >= 15 is 0 Å². The molecule has 0 aliphatic rings. The standard InChI is InChI=1S/C12H20N2O2.Co.2H3N/c1-9(7-11(3)15)13-5-6-14-10(2)8-12(4)16;;;/h7-8,15-16H,5-6H2,1-4H3;;2*1H3/q;+3;;/p-2/b11-7-,12-8-,13-9?,14-10?;;;. The molecule has 19 heavy (non-hydrogen) atoms. The van der Waals surface area contributed by atoms with E-state index in [1.54, 1.807) is 13.8 Å². The molecule has 0 bridgehead atoms. The van der Waals surface area contributed by atoms with E-state index in [2.05, 4.69) is 9.98 Å². The molecule has 0 radical (unpaired) electrons. The summed E-state index contributed by atoms with van der Waals surface area (Å²) in [6, 6.07) is 0. The predicted octanol–water partition coefficient (Wildman–Crippen LogP) is 0.758. The molecular weight excluding hydrogens is 291 g/mol. The fourth-order valence-electron chi connectivity index (χ4n) is 1.13. The summed E-state index contributed by atoms with van der Waals surface area (Å²) in [5.41, 5.74) is 1.41. The third kappa shape index (κ3) is 19.4. The van der Waals surface area contributed by atoms with E-state index in [1.807, 2.05) is 0 Å². The van der Waals surface area contributed by atoms with Gasteiger partial charge in [0.15, 0.2) is 0 Å². The average molecular weight is 315 g/mol. The van der Waals surface area contributed by atoms with Crippen LogP contribution in [0.15, 0.2) is 33.7 Å². The van der Waals surface area contributed by atoms with Crippen molar-refractivity contribution in [2.24, 2.45) is 9.98 Å². The molecule has 0 atom stereocenters. The first-order valence-corrected chi connectivity index (χ1v) is 5.14. The number of hydrogen-bond acceptors (Lipinski definition) is 6. The fourth-order valence-corrected chi connectivity index (χ4v) is 1.13. The molecule has 0 aliphatic carbocycles. The van der Waals surface area contributed by atoms with E-state index in [0.717, 1.165) is 0 Å². The van der Waals surface area contributed by atoms with Crippen LogP contribution in [0.5, 0.6) is 0 Å². The number of hydrogen-bond donors (Lipinski definition) is 2. The van der Waals surface area contributed by atoms with Gasteiger partial charge in [0.1, 0.15) is 0 Å². The van der Waals surface area contributed by atoms with Crippen LogP contribution in [0.2, 0.25) is 0 Å². The van der Waals surface area contributed by atoms with Crippen LogP contribution in [0.3, 0.4) is 0 Å². The maximum absolute atomic E-state index is 10.7. The molecule has 112 valence electrons. The normalized spacial score (nSPS) is 13.1. The molecule has 0 unspecified atom stereocenters. The van der Waals surface area contributed by atoms with Crippen molar-refractivity contribution in [3.8, 4) is 0 Å². The minimum Gasteiger partial charge on any atom is -0.876 e. The first kappa shape index (κ1) is 26.4. The Bertz CT molecular complexity index is 308. The molecule has 0 fully saturated rings. The molecule has 0 saturated heterocycles. The zero-order valence-electron chi connectivity index (χ0n) is 12.0. The molecular formula is C12H24CoN4O2+. The number of rotatable bonds is 5. The Labute approximate surface area is 125 Å². The van der Waals surface area contributed by atoms with Gasteiger partial charge < -0.3 is 22.5 Å². The zero-order valence-corrected chi connectivity index (χ0v) is 13.1. The van der Waals surface area contributed by atoms with Crippen LogP contribution in [0.4, 0.5) is 0 Å². The van der Waals surface area contributed by atoms with Gasteiger partial charge >= 0.3 is 16.8 Å². The summed E-state index contributed by atoms with van der Waals surface area (Å²) < 4.78 is 0. The van der Waals surface area contributed by atoms with Crippen LogP contribution in [0.1, 0.15) is 27.7 Å². The molecule has 7 heteroatoms. The summed E-state index contributed by atoms with van der Waals surface area (Å²) in [5, 5.41) is 21.4. The van der Waals surface area contributed by atoms with Crippen molar-refractivity contribution in [2.45, 2.75) is 27.7 Å². The van der Waals surface area contributed by atoms with Crippen molar-refractivity contribution in [3.05, 3.63) is 23.7 Å². The van der Waals surface area contributed by atoms with Gasteiger partial charge in [0.05, 0.1) is 13.1 Å². The van der Waals surface area contributed by atoms with Gasteiger partial charge in [-0.05, 0) is 13.8 Å². The molecule has 0 spiro atoms. The van der Waals surface area contributed by atoms with Gasteiger partial charge in [-0.2, -0.15) is 0 Å². The molecule has 6 nitrogen and oxygen atoms in total. The number of nitrogens with zero attached hydrogens (tertiary/aromatic N) is 2. The van der Waals surface area contributed by atoms with Crippen molar-refractivity contribution in [1.29, 1.82) is 0 Å². The Morgan fingerprint density at radius 2 is 1.05 bits per heavy atom. The van der Waals surface area contributed by atoms with Crippen LogP contribution in [-0.2, 0) is 16.8 Å². The SMILES string of the molecule is CC(/C=C(/C)[O-])=NCCN=C(C)/C=C(/C)[O-].N.N.[Co+3]. The molecule has 0 aliphatic heterocycles. The van der Waals surface area contributed by atoms with E-state index in [4.69, 9.17) is 0 Å². The summed E-state index contributed by atoms with van der Waals surface area (Å²) in [7, 11) is 0. The van der Waals surface area contributed by atoms with Crippen molar-refractivity contribution < 1.29 is 27.0 Å². The molecule has 0 aromatic carbocycles. The Balaban J connectivity index is -0.000000375. The van der Waals surface area contributed by atoms with Gasteiger partial charge in [-0.15, -0.1) is 11.5 Å². The van der Waals surface area contributed by atoms with E-state index < -0.39 is 0 Å². The second-order valence-corrected chi connectivity index (χ2v) is 3.56. The molecule has 0 heterocycles. The summed E-state index contributed by atoms with van der Waals surface area (Å²) in [5.74, 6) is -0.0170. The van der Waals surface area contributed by atoms with E-state index in [0.29, 0.717) is 24.5 Å². The topological polar surface area (TPSA) is 141 Å². The Hall–Kier alpha value is -1.15. The van der Waals surface area contributed by atoms with E-state index in [9.17, 15) is 10.2 Å². The molecule has 0 amide bonds. The van der Waals surface area contributed by atoms with Crippen LogP contribution < -0.4 is 22.5 Å². The Morgan fingerprint density at radius 1 is 0.789 bits per heavy atom. The van der Waals surface area contributed by atoms with Gasteiger partial charge in [0, 0.05) is 11.4 Å². The van der Waals surface area contributed by atoms with Gasteiger partial charge in [0.2, 0.25) is 0 Å². The molecule has 0 saturated carbocycles. The van der Waals surface area contributed by atoms with Gasteiger partial charge in [-0.25, -0.2) is 0 Å². The maximum Gasteiger partial charge on any atom is 3.00 e. The summed E-state index contributed by atoms with van der Waals surface area (Å²) in [6.07, 6.45) is 2.97. The molecule has 0 rings (SSSR count). The number of allylic oxidation sites excluding steroid dienone is 4. The first-order valence-electron chi connectivity index (χ1n) is 5.14. The van der Waals surface area contributed by atoms with Crippen LogP contribution in [0.25, 0.3) is 0 Å². The minimum absolute atomic E-state index is 0. The van der Waals surface area contributed by atoms with Crippen LogP contribution >= 0.6 is 0 Å². The van der Waals surface area contributed by atoms with Crippen LogP contribution in [-0.4, -0.2) is 24.5 Å². The van der Waals surface area contributed by atoms with Gasteiger partial charge in [0.25, 0.3) is 0 Å². The molecule has 0 aromatic rings. The van der Waals surface area contributed by atoms with E-state index in [-0.39, 0.29) is 40.6 Å². The predicted molar refractivity (Wildman–Crippen MR) is 73.5 cm³/mol. The fraction of sp³-hybridized carbons (Fsp3) is 0.500. The summed E-state index contributed by atoms with van der Waals surface area (Å²) >= 11 is 0. The zero-order chi connectivity index (χ0) is 12.6. The monoisotopic (exact) mass is 315 g/mol. The van der Waals surface area contributed by atoms with Crippen molar-refractivity contribution in [1.82, 2.24) is 12.3 Å². The number of aliphatic imine (C=N–C) groups is 2.